The summed E-state index contributed by atoms with van der Waals surface area (Å²) in [6, 6.07) is 8.64. The maximum Gasteiger partial charge on any atom is 0.119 e. The lowest BCUT2D eigenvalue weighted by Gasteiger charge is -2.17. The molecule has 0 amide bonds. The Morgan fingerprint density at radius 1 is 1.33 bits per heavy atom. The van der Waals surface area contributed by atoms with Gasteiger partial charge in [-0.25, -0.2) is 0 Å². The molecule has 0 aliphatic heterocycles. The van der Waals surface area contributed by atoms with Crippen molar-refractivity contribution in [1.29, 1.82) is 0 Å². The zero-order chi connectivity index (χ0) is 13.0. The molecule has 18 heavy (non-hydrogen) atoms. The summed E-state index contributed by atoms with van der Waals surface area (Å²) in [5.41, 5.74) is 4.05. The molecule has 1 aromatic heterocycles. The number of hydrogen-bond acceptors (Lipinski definition) is 3. The number of benzene rings is 1. The molecule has 1 N–H and O–H groups in total. The van der Waals surface area contributed by atoms with E-state index in [-0.39, 0.29) is 0 Å². The van der Waals surface area contributed by atoms with Crippen molar-refractivity contribution in [3.8, 4) is 5.75 Å². The third kappa shape index (κ3) is 2.92. The second-order valence-corrected chi connectivity index (χ2v) is 5.15. The van der Waals surface area contributed by atoms with Crippen LogP contribution in [0.4, 0.5) is 0 Å². The van der Waals surface area contributed by atoms with Crippen LogP contribution in [0.25, 0.3) is 0 Å². The van der Waals surface area contributed by atoms with Crippen LogP contribution in [0.5, 0.6) is 5.75 Å². The van der Waals surface area contributed by atoms with E-state index in [0.717, 1.165) is 12.2 Å². The van der Waals surface area contributed by atoms with Gasteiger partial charge in [0.2, 0.25) is 0 Å². The predicted molar refractivity (Wildman–Crippen MR) is 77.6 cm³/mol. The van der Waals surface area contributed by atoms with Crippen LogP contribution in [0, 0.1) is 6.92 Å². The SMILES string of the molecule is CNC(Cc1cccc(OC)c1)c1cscc1C. The molecule has 0 saturated carbocycles. The molecular weight excluding hydrogens is 242 g/mol. The van der Waals surface area contributed by atoms with Crippen molar-refractivity contribution >= 4 is 11.3 Å². The largest absolute Gasteiger partial charge is 0.497 e. The maximum absolute atomic E-state index is 5.27. The lowest BCUT2D eigenvalue weighted by atomic mass is 9.99. The number of thiophene rings is 1. The van der Waals surface area contributed by atoms with E-state index in [1.807, 2.05) is 19.2 Å². The molecule has 2 nitrogen and oxygen atoms in total. The highest BCUT2D eigenvalue weighted by molar-refractivity contribution is 7.08. The Labute approximate surface area is 113 Å². The maximum atomic E-state index is 5.27. The van der Waals surface area contributed by atoms with E-state index in [9.17, 15) is 0 Å². The molecule has 1 unspecified atom stereocenters. The van der Waals surface area contributed by atoms with Crippen molar-refractivity contribution in [2.75, 3.05) is 14.2 Å². The molecule has 1 heterocycles. The van der Waals surface area contributed by atoms with Gasteiger partial charge in [0, 0.05) is 6.04 Å². The van der Waals surface area contributed by atoms with Gasteiger partial charge in [0.1, 0.15) is 5.75 Å². The highest BCUT2D eigenvalue weighted by Crippen LogP contribution is 2.25. The van der Waals surface area contributed by atoms with Gasteiger partial charge < -0.3 is 10.1 Å². The van der Waals surface area contributed by atoms with Crippen LogP contribution in [0.15, 0.2) is 35.0 Å². The first-order valence-corrected chi connectivity index (χ1v) is 7.01. The summed E-state index contributed by atoms with van der Waals surface area (Å²) < 4.78 is 5.27. The van der Waals surface area contributed by atoms with Gasteiger partial charge in [0.05, 0.1) is 7.11 Å². The molecule has 0 aliphatic carbocycles. The fourth-order valence-electron chi connectivity index (χ4n) is 2.13. The number of hydrogen-bond donors (Lipinski definition) is 1. The summed E-state index contributed by atoms with van der Waals surface area (Å²) in [6.07, 6.45) is 0.977. The third-order valence-electron chi connectivity index (χ3n) is 3.19. The number of likely N-dealkylation sites (N-methyl/N-ethyl adjacent to an activating group) is 1. The molecule has 0 aliphatic rings. The van der Waals surface area contributed by atoms with E-state index < -0.39 is 0 Å². The Kier molecular flexibility index (Phi) is 4.39. The van der Waals surface area contributed by atoms with Gasteiger partial charge in [-0.05, 0) is 60.0 Å². The normalized spacial score (nSPS) is 12.4. The lowest BCUT2D eigenvalue weighted by molar-refractivity contribution is 0.414. The summed E-state index contributed by atoms with van der Waals surface area (Å²) in [5, 5.41) is 7.83. The molecule has 0 bridgehead atoms. The number of ether oxygens (including phenoxy) is 1. The second kappa shape index (κ2) is 6.03. The van der Waals surface area contributed by atoms with E-state index in [0.29, 0.717) is 6.04 Å². The highest BCUT2D eigenvalue weighted by Gasteiger charge is 2.13. The van der Waals surface area contributed by atoms with Gasteiger partial charge in [-0.3, -0.25) is 0 Å². The number of aryl methyl sites for hydroxylation is 1. The Hall–Kier alpha value is -1.32. The molecule has 0 fully saturated rings. The number of nitrogens with one attached hydrogen (secondary N) is 1. The van der Waals surface area contributed by atoms with E-state index in [1.165, 1.54) is 16.7 Å². The number of methoxy groups -OCH3 is 1. The smallest absolute Gasteiger partial charge is 0.119 e. The van der Waals surface area contributed by atoms with Gasteiger partial charge in [0.25, 0.3) is 0 Å². The zero-order valence-corrected chi connectivity index (χ0v) is 11.9. The van der Waals surface area contributed by atoms with Crippen LogP contribution >= 0.6 is 11.3 Å². The van der Waals surface area contributed by atoms with Crippen LogP contribution in [-0.4, -0.2) is 14.2 Å². The minimum Gasteiger partial charge on any atom is -0.497 e. The fraction of sp³-hybridized carbons (Fsp3) is 0.333. The van der Waals surface area contributed by atoms with E-state index in [2.05, 4.69) is 35.1 Å². The first-order valence-electron chi connectivity index (χ1n) is 6.07. The molecule has 0 spiro atoms. The Morgan fingerprint density at radius 3 is 2.78 bits per heavy atom. The molecule has 0 saturated heterocycles. The molecular formula is C15H19NOS. The van der Waals surface area contributed by atoms with Crippen molar-refractivity contribution in [3.05, 3.63) is 51.7 Å². The summed E-state index contributed by atoms with van der Waals surface area (Å²) in [7, 11) is 3.72. The van der Waals surface area contributed by atoms with Gasteiger partial charge in [0.15, 0.2) is 0 Å². The number of rotatable bonds is 5. The summed E-state index contributed by atoms with van der Waals surface area (Å²) in [4.78, 5) is 0. The average molecular weight is 261 g/mol. The molecule has 2 aromatic rings. The Morgan fingerprint density at radius 2 is 2.17 bits per heavy atom. The van der Waals surface area contributed by atoms with Crippen LogP contribution in [0.2, 0.25) is 0 Å². The molecule has 1 atom stereocenters. The summed E-state index contributed by atoms with van der Waals surface area (Å²) in [5.74, 6) is 0.921. The monoisotopic (exact) mass is 261 g/mol. The van der Waals surface area contributed by atoms with E-state index in [4.69, 9.17) is 4.74 Å². The average Bonchev–Trinajstić information content (AvgIpc) is 2.82. The third-order valence-corrected chi connectivity index (χ3v) is 4.07. The van der Waals surface area contributed by atoms with Crippen molar-refractivity contribution in [2.45, 2.75) is 19.4 Å². The minimum absolute atomic E-state index is 0.364. The van der Waals surface area contributed by atoms with Crippen molar-refractivity contribution < 1.29 is 4.74 Å². The topological polar surface area (TPSA) is 21.3 Å². The zero-order valence-electron chi connectivity index (χ0n) is 11.1. The molecule has 1 aromatic carbocycles. The van der Waals surface area contributed by atoms with Crippen LogP contribution in [0.3, 0.4) is 0 Å². The summed E-state index contributed by atoms with van der Waals surface area (Å²) >= 11 is 1.76. The van der Waals surface area contributed by atoms with Crippen LogP contribution in [-0.2, 0) is 6.42 Å². The summed E-state index contributed by atoms with van der Waals surface area (Å²) in [6.45, 7) is 2.17. The van der Waals surface area contributed by atoms with Crippen molar-refractivity contribution in [2.24, 2.45) is 0 Å². The Bertz CT molecular complexity index is 507. The van der Waals surface area contributed by atoms with Crippen LogP contribution in [0.1, 0.15) is 22.7 Å². The molecule has 2 rings (SSSR count). The minimum atomic E-state index is 0.364. The van der Waals surface area contributed by atoms with Crippen LogP contribution < -0.4 is 10.1 Å². The van der Waals surface area contributed by atoms with E-state index in [1.54, 1.807) is 18.4 Å². The van der Waals surface area contributed by atoms with Crippen molar-refractivity contribution in [1.82, 2.24) is 5.32 Å². The standard InChI is InChI=1S/C15H19NOS/c1-11-9-18-10-14(11)15(16-2)8-12-5-4-6-13(7-12)17-3/h4-7,9-10,15-16H,8H2,1-3H3. The predicted octanol–water partition coefficient (Wildman–Crippen LogP) is 3.57. The lowest BCUT2D eigenvalue weighted by Crippen LogP contribution is -2.19. The first-order chi connectivity index (χ1) is 8.74. The second-order valence-electron chi connectivity index (χ2n) is 4.41. The first kappa shape index (κ1) is 13.1. The van der Waals surface area contributed by atoms with Gasteiger partial charge in [-0.2, -0.15) is 11.3 Å². The van der Waals surface area contributed by atoms with Gasteiger partial charge in [-0.15, -0.1) is 0 Å². The molecule has 3 heteroatoms. The van der Waals surface area contributed by atoms with Crippen molar-refractivity contribution in [3.63, 3.8) is 0 Å². The Balaban J connectivity index is 2.18. The van der Waals surface area contributed by atoms with Gasteiger partial charge >= 0.3 is 0 Å². The van der Waals surface area contributed by atoms with E-state index >= 15 is 0 Å². The quantitative estimate of drug-likeness (QED) is 0.888. The fourth-order valence-corrected chi connectivity index (χ4v) is 3.04. The van der Waals surface area contributed by atoms with Gasteiger partial charge in [-0.1, -0.05) is 12.1 Å². The molecule has 0 radical (unpaired) electrons. The highest BCUT2D eigenvalue weighted by atomic mass is 32.1. The molecule has 96 valence electrons.